The summed E-state index contributed by atoms with van der Waals surface area (Å²) in [4.78, 5) is 4.03. The molecule has 0 saturated carbocycles. The van der Waals surface area contributed by atoms with E-state index in [0.29, 0.717) is 29.7 Å². The molecule has 1 aromatic carbocycles. The minimum Gasteiger partial charge on any atom is -0.490 e. The van der Waals surface area contributed by atoms with Crippen LogP contribution in [-0.4, -0.2) is 29.3 Å². The fourth-order valence-corrected chi connectivity index (χ4v) is 2.60. The summed E-state index contributed by atoms with van der Waals surface area (Å²) >= 11 is 6.31. The van der Waals surface area contributed by atoms with Crippen LogP contribution in [0.3, 0.4) is 0 Å². The first kappa shape index (κ1) is 20.6. The van der Waals surface area contributed by atoms with Gasteiger partial charge in [-0.05, 0) is 44.5 Å². The molecule has 0 spiro atoms. The molecule has 2 aromatic rings. The van der Waals surface area contributed by atoms with E-state index in [1.165, 1.54) is 0 Å². The average Bonchev–Trinajstić information content (AvgIpc) is 3.04. The van der Waals surface area contributed by atoms with E-state index < -0.39 is 0 Å². The molecular weight excluding hydrogens is 349 g/mol. The number of benzene rings is 1. The summed E-state index contributed by atoms with van der Waals surface area (Å²) in [5.74, 6) is 1.33. The van der Waals surface area contributed by atoms with Crippen molar-refractivity contribution >= 4 is 24.0 Å². The Balaban J connectivity index is 0.00000288. The molecule has 0 saturated heterocycles. The highest BCUT2D eigenvalue weighted by Crippen LogP contribution is 2.36. The van der Waals surface area contributed by atoms with E-state index in [0.717, 1.165) is 31.6 Å². The molecule has 0 radical (unpaired) electrons. The van der Waals surface area contributed by atoms with Crippen LogP contribution < -0.4 is 14.8 Å². The minimum atomic E-state index is 0. The van der Waals surface area contributed by atoms with Crippen LogP contribution in [0.25, 0.3) is 0 Å². The van der Waals surface area contributed by atoms with E-state index >= 15 is 0 Å². The second-order valence-electron chi connectivity index (χ2n) is 5.10. The van der Waals surface area contributed by atoms with Gasteiger partial charge in [0.15, 0.2) is 11.5 Å². The lowest BCUT2D eigenvalue weighted by atomic mass is 10.2. The second-order valence-corrected chi connectivity index (χ2v) is 5.51. The van der Waals surface area contributed by atoms with Crippen LogP contribution in [-0.2, 0) is 13.1 Å². The van der Waals surface area contributed by atoms with Crippen molar-refractivity contribution in [2.45, 2.75) is 33.4 Å². The Bertz CT molecular complexity index is 592. The Kier molecular flexibility index (Phi) is 9.60. The van der Waals surface area contributed by atoms with E-state index in [2.05, 4.69) is 14.9 Å². The summed E-state index contributed by atoms with van der Waals surface area (Å²) < 4.78 is 13.3. The van der Waals surface area contributed by atoms with Gasteiger partial charge in [0, 0.05) is 25.5 Å². The maximum absolute atomic E-state index is 6.31. The second kappa shape index (κ2) is 11.2. The molecule has 1 aromatic heterocycles. The highest BCUT2D eigenvalue weighted by atomic mass is 35.5. The van der Waals surface area contributed by atoms with Crippen LogP contribution in [0.1, 0.15) is 25.8 Å². The van der Waals surface area contributed by atoms with Gasteiger partial charge in [0.2, 0.25) is 0 Å². The third kappa shape index (κ3) is 6.23. The maximum atomic E-state index is 6.31. The van der Waals surface area contributed by atoms with E-state index in [1.54, 1.807) is 6.20 Å². The molecule has 0 aliphatic heterocycles. The Morgan fingerprint density at radius 1 is 1.21 bits per heavy atom. The van der Waals surface area contributed by atoms with Crippen molar-refractivity contribution in [3.8, 4) is 11.5 Å². The van der Waals surface area contributed by atoms with Gasteiger partial charge >= 0.3 is 0 Å². The van der Waals surface area contributed by atoms with Crippen LogP contribution in [0.2, 0.25) is 5.02 Å². The lowest BCUT2D eigenvalue weighted by Gasteiger charge is -2.14. The first-order valence-corrected chi connectivity index (χ1v) is 8.36. The van der Waals surface area contributed by atoms with Gasteiger partial charge in [-0.1, -0.05) is 11.6 Å². The number of nitrogens with one attached hydrogen (secondary N) is 1. The van der Waals surface area contributed by atoms with Crippen LogP contribution in [0.5, 0.6) is 11.5 Å². The zero-order valence-corrected chi connectivity index (χ0v) is 15.7. The summed E-state index contributed by atoms with van der Waals surface area (Å²) in [6, 6.07) is 3.92. The predicted molar refractivity (Wildman–Crippen MR) is 99.6 cm³/mol. The normalized spacial score (nSPS) is 10.3. The van der Waals surface area contributed by atoms with Crippen LogP contribution in [0.15, 0.2) is 30.9 Å². The molecule has 7 heteroatoms. The zero-order chi connectivity index (χ0) is 16.5. The first-order chi connectivity index (χ1) is 11.2. The third-order valence-electron chi connectivity index (χ3n) is 3.32. The Labute approximate surface area is 154 Å². The number of hydrogen-bond acceptors (Lipinski definition) is 4. The number of halogens is 2. The third-order valence-corrected chi connectivity index (χ3v) is 3.60. The molecule has 0 atom stereocenters. The van der Waals surface area contributed by atoms with Crippen molar-refractivity contribution in [1.82, 2.24) is 14.9 Å². The summed E-state index contributed by atoms with van der Waals surface area (Å²) in [5.41, 5.74) is 1.09. The van der Waals surface area contributed by atoms with Crippen molar-refractivity contribution in [3.63, 3.8) is 0 Å². The number of imidazole rings is 1. The monoisotopic (exact) mass is 373 g/mol. The topological polar surface area (TPSA) is 48.3 Å². The fraction of sp³-hybridized carbons (Fsp3) is 0.471. The lowest BCUT2D eigenvalue weighted by molar-refractivity contribution is 0.287. The maximum Gasteiger partial charge on any atom is 0.179 e. The number of hydrogen-bond donors (Lipinski definition) is 1. The van der Waals surface area contributed by atoms with Crippen molar-refractivity contribution in [2.75, 3.05) is 19.8 Å². The summed E-state index contributed by atoms with van der Waals surface area (Å²) in [6.45, 7) is 7.65. The molecular formula is C17H25Cl2N3O2. The SMILES string of the molecule is CCOc1cc(CNCCCn2ccnc2)cc(Cl)c1OCC.Cl. The Hall–Kier alpha value is -1.43. The molecule has 2 rings (SSSR count). The molecule has 0 amide bonds. The molecule has 1 heterocycles. The quantitative estimate of drug-likeness (QED) is 0.640. The van der Waals surface area contributed by atoms with Crippen LogP contribution >= 0.6 is 24.0 Å². The van der Waals surface area contributed by atoms with Crippen molar-refractivity contribution in [3.05, 3.63) is 41.4 Å². The van der Waals surface area contributed by atoms with Gasteiger partial charge in [0.1, 0.15) is 0 Å². The zero-order valence-electron chi connectivity index (χ0n) is 14.1. The predicted octanol–water partition coefficient (Wildman–Crippen LogP) is 3.94. The highest BCUT2D eigenvalue weighted by molar-refractivity contribution is 6.32. The molecule has 24 heavy (non-hydrogen) atoms. The van der Waals surface area contributed by atoms with E-state index in [9.17, 15) is 0 Å². The van der Waals surface area contributed by atoms with Gasteiger partial charge in [-0.15, -0.1) is 12.4 Å². The number of ether oxygens (including phenoxy) is 2. The molecule has 5 nitrogen and oxygen atoms in total. The number of rotatable bonds is 10. The molecule has 134 valence electrons. The van der Waals surface area contributed by atoms with E-state index in [4.69, 9.17) is 21.1 Å². The minimum absolute atomic E-state index is 0. The number of nitrogens with zero attached hydrogens (tertiary/aromatic N) is 2. The molecule has 0 aliphatic rings. The van der Waals surface area contributed by atoms with Gasteiger partial charge in [-0.3, -0.25) is 0 Å². The largest absolute Gasteiger partial charge is 0.490 e. The van der Waals surface area contributed by atoms with Gasteiger partial charge in [-0.2, -0.15) is 0 Å². The van der Waals surface area contributed by atoms with Gasteiger partial charge in [0.05, 0.1) is 24.6 Å². The van der Waals surface area contributed by atoms with Crippen molar-refractivity contribution < 1.29 is 9.47 Å². The number of aryl methyl sites for hydroxylation is 1. The van der Waals surface area contributed by atoms with Gasteiger partial charge < -0.3 is 19.4 Å². The fourth-order valence-electron chi connectivity index (χ4n) is 2.31. The summed E-state index contributed by atoms with van der Waals surface area (Å²) in [6.07, 6.45) is 6.64. The van der Waals surface area contributed by atoms with E-state index in [1.807, 2.05) is 38.5 Å². The van der Waals surface area contributed by atoms with Crippen molar-refractivity contribution in [1.29, 1.82) is 0 Å². The van der Waals surface area contributed by atoms with Crippen LogP contribution in [0.4, 0.5) is 0 Å². The molecule has 0 aliphatic carbocycles. The smallest absolute Gasteiger partial charge is 0.179 e. The molecule has 0 fully saturated rings. The lowest BCUT2D eigenvalue weighted by Crippen LogP contribution is -2.16. The molecule has 1 N–H and O–H groups in total. The first-order valence-electron chi connectivity index (χ1n) is 7.99. The van der Waals surface area contributed by atoms with Crippen LogP contribution in [0, 0.1) is 0 Å². The van der Waals surface area contributed by atoms with Gasteiger partial charge in [0.25, 0.3) is 0 Å². The van der Waals surface area contributed by atoms with Crippen molar-refractivity contribution in [2.24, 2.45) is 0 Å². The van der Waals surface area contributed by atoms with E-state index in [-0.39, 0.29) is 12.4 Å². The average molecular weight is 374 g/mol. The number of aromatic nitrogens is 2. The Morgan fingerprint density at radius 3 is 2.67 bits per heavy atom. The summed E-state index contributed by atoms with van der Waals surface area (Å²) in [5, 5.41) is 4.01. The molecule has 0 bridgehead atoms. The summed E-state index contributed by atoms with van der Waals surface area (Å²) in [7, 11) is 0. The highest BCUT2D eigenvalue weighted by Gasteiger charge is 2.12. The Morgan fingerprint density at radius 2 is 2.00 bits per heavy atom. The standard InChI is InChI=1S/C17H24ClN3O2.ClH/c1-3-22-16-11-14(10-15(18)17(16)23-4-2)12-19-6-5-8-21-9-7-20-13-21;/h7,9-11,13,19H,3-6,8,12H2,1-2H3;1H. The van der Waals surface area contributed by atoms with Gasteiger partial charge in [-0.25, -0.2) is 4.98 Å². The molecule has 0 unspecified atom stereocenters.